The number of hydrogen-bond acceptors (Lipinski definition) is 3. The second-order valence-corrected chi connectivity index (χ2v) is 10.4. The van der Waals surface area contributed by atoms with Gasteiger partial charge >= 0.3 is 0 Å². The van der Waals surface area contributed by atoms with Gasteiger partial charge < -0.3 is 9.64 Å². The van der Waals surface area contributed by atoms with Gasteiger partial charge in [-0.25, -0.2) is 0 Å². The molecule has 2 fully saturated rings. The molecule has 2 aliphatic rings. The Balaban J connectivity index is 1.94. The van der Waals surface area contributed by atoms with E-state index in [-0.39, 0.29) is 10.9 Å². The maximum absolute atomic E-state index is 13.2. The lowest BCUT2D eigenvalue weighted by Gasteiger charge is -2.37. The summed E-state index contributed by atoms with van der Waals surface area (Å²) in [6.07, 6.45) is 11.6. The normalized spacial score (nSPS) is 19.7. The number of rotatable bonds is 7. The predicted molar refractivity (Wildman–Crippen MR) is 118 cm³/mol. The van der Waals surface area contributed by atoms with Crippen LogP contribution < -0.4 is 4.74 Å². The van der Waals surface area contributed by atoms with Crippen LogP contribution in [0.1, 0.15) is 78.1 Å². The quantitative estimate of drug-likeness (QED) is 0.437. The smallest absolute Gasteiger partial charge is 0.283 e. The van der Waals surface area contributed by atoms with Gasteiger partial charge in [0.1, 0.15) is 11.6 Å². The van der Waals surface area contributed by atoms with E-state index in [1.54, 1.807) is 31.4 Å². The summed E-state index contributed by atoms with van der Waals surface area (Å²) in [6, 6.07) is 7.19. The highest BCUT2D eigenvalue weighted by Crippen LogP contribution is 2.32. The van der Waals surface area contributed by atoms with Crippen molar-refractivity contribution in [3.05, 3.63) is 24.3 Å². The van der Waals surface area contributed by atoms with E-state index in [1.165, 1.54) is 44.9 Å². The van der Waals surface area contributed by atoms with E-state index in [1.807, 2.05) is 0 Å². The molecule has 0 bridgehead atoms. The molecule has 5 nitrogen and oxygen atoms in total. The molecular weight excluding hydrogens is 384 g/mol. The zero-order valence-corrected chi connectivity index (χ0v) is 19.0. The van der Waals surface area contributed by atoms with Gasteiger partial charge in [0.05, 0.1) is 12.0 Å². The fourth-order valence-electron chi connectivity index (χ4n) is 4.89. The summed E-state index contributed by atoms with van der Waals surface area (Å²) in [4.78, 5) is 2.55. The van der Waals surface area contributed by atoms with Gasteiger partial charge in [-0.05, 0) is 56.9 Å². The molecule has 2 saturated carbocycles. The van der Waals surface area contributed by atoms with Crippen LogP contribution >= 0.6 is 0 Å². The first-order chi connectivity index (χ1) is 13.9. The Labute approximate surface area is 176 Å². The van der Waals surface area contributed by atoms with E-state index in [0.717, 1.165) is 25.1 Å². The van der Waals surface area contributed by atoms with Gasteiger partial charge in [-0.3, -0.25) is 0 Å². The summed E-state index contributed by atoms with van der Waals surface area (Å²) in [6.45, 7) is 4.32. The van der Waals surface area contributed by atoms with Gasteiger partial charge in [-0.1, -0.05) is 44.9 Å². The molecule has 0 aliphatic heterocycles. The maximum Gasteiger partial charge on any atom is 0.283 e. The number of nitrogens with zero attached hydrogens (tertiary/aromatic N) is 2. The molecule has 1 aromatic carbocycles. The number of amidine groups is 1. The van der Waals surface area contributed by atoms with Crippen molar-refractivity contribution in [2.45, 2.75) is 95.0 Å². The molecule has 6 heteroatoms. The van der Waals surface area contributed by atoms with Crippen molar-refractivity contribution >= 4 is 15.9 Å². The lowest BCUT2D eigenvalue weighted by molar-refractivity contribution is 0.249. The van der Waals surface area contributed by atoms with Crippen molar-refractivity contribution in [2.24, 2.45) is 10.3 Å². The van der Waals surface area contributed by atoms with E-state index in [9.17, 15) is 8.42 Å². The molecule has 2 aliphatic carbocycles. The minimum Gasteiger partial charge on any atom is -0.497 e. The molecule has 3 rings (SSSR count). The van der Waals surface area contributed by atoms with E-state index < -0.39 is 10.0 Å². The Morgan fingerprint density at radius 3 is 2.17 bits per heavy atom. The van der Waals surface area contributed by atoms with Crippen molar-refractivity contribution in [2.75, 3.05) is 7.11 Å². The summed E-state index contributed by atoms with van der Waals surface area (Å²) >= 11 is 0. The van der Waals surface area contributed by atoms with Gasteiger partial charge in [0.15, 0.2) is 0 Å². The fourth-order valence-corrected chi connectivity index (χ4v) is 5.92. The molecule has 162 valence electrons. The molecule has 1 aromatic rings. The van der Waals surface area contributed by atoms with Crippen LogP contribution in [0, 0.1) is 5.92 Å². The standard InChI is InChI=1S/C23H36N2O3S/c1-18(2)25(20-11-7-8-12-20)23(17-19-9-5-4-6-10-19)24-29(26,27)22-15-13-21(28-3)14-16-22/h13-16,18-20H,4-12,17H2,1-3H3. The van der Waals surface area contributed by atoms with Crippen LogP contribution in [0.15, 0.2) is 33.6 Å². The zero-order chi connectivity index (χ0) is 20.9. The highest BCUT2D eigenvalue weighted by atomic mass is 32.2. The Bertz CT molecular complexity index is 775. The van der Waals surface area contributed by atoms with Gasteiger partial charge in [-0.2, -0.15) is 8.42 Å². The van der Waals surface area contributed by atoms with Gasteiger partial charge in [0.2, 0.25) is 0 Å². The SMILES string of the molecule is COc1ccc(S(=O)(=O)N=C(CC2CCCCC2)N(C(C)C)C2CCCC2)cc1. The molecular formula is C23H36N2O3S. The molecule has 29 heavy (non-hydrogen) atoms. The Hall–Kier alpha value is -1.56. The number of sulfonamides is 1. The first-order valence-electron chi connectivity index (χ1n) is 11.2. The second kappa shape index (κ2) is 9.96. The maximum atomic E-state index is 13.2. The predicted octanol–water partition coefficient (Wildman–Crippen LogP) is 5.41. The second-order valence-electron chi connectivity index (χ2n) is 8.81. The number of benzene rings is 1. The van der Waals surface area contributed by atoms with Crippen molar-refractivity contribution in [3.8, 4) is 5.75 Å². The fraction of sp³-hybridized carbons (Fsp3) is 0.696. The molecule has 0 amide bonds. The topological polar surface area (TPSA) is 59.0 Å². The minimum absolute atomic E-state index is 0.231. The van der Waals surface area contributed by atoms with Gasteiger partial charge in [-0.15, -0.1) is 4.40 Å². The summed E-state index contributed by atoms with van der Waals surface area (Å²) in [7, 11) is -2.18. The molecule has 0 atom stereocenters. The third-order valence-corrected chi connectivity index (χ3v) is 7.67. The number of methoxy groups -OCH3 is 1. The monoisotopic (exact) mass is 420 g/mol. The van der Waals surface area contributed by atoms with Crippen LogP contribution in [-0.4, -0.2) is 38.3 Å². The summed E-state index contributed by atoms with van der Waals surface area (Å²) < 4.78 is 36.0. The van der Waals surface area contributed by atoms with Crippen LogP contribution in [0.2, 0.25) is 0 Å². The van der Waals surface area contributed by atoms with Gasteiger partial charge in [0, 0.05) is 18.5 Å². The molecule has 0 heterocycles. The van der Waals surface area contributed by atoms with Crippen molar-refractivity contribution in [1.29, 1.82) is 0 Å². The van der Waals surface area contributed by atoms with Crippen LogP contribution in [0.25, 0.3) is 0 Å². The molecule has 0 spiro atoms. The number of hydrogen-bond donors (Lipinski definition) is 0. The highest BCUT2D eigenvalue weighted by Gasteiger charge is 2.31. The first-order valence-corrected chi connectivity index (χ1v) is 12.6. The van der Waals surface area contributed by atoms with Crippen LogP contribution in [0.4, 0.5) is 0 Å². The van der Waals surface area contributed by atoms with E-state index >= 15 is 0 Å². The van der Waals surface area contributed by atoms with E-state index in [2.05, 4.69) is 23.1 Å². The lowest BCUT2D eigenvalue weighted by Crippen LogP contribution is -2.44. The van der Waals surface area contributed by atoms with Crippen molar-refractivity contribution < 1.29 is 13.2 Å². The average Bonchev–Trinajstić information content (AvgIpc) is 3.22. The summed E-state index contributed by atoms with van der Waals surface area (Å²) in [5.74, 6) is 1.95. The van der Waals surface area contributed by atoms with Crippen LogP contribution in [0.3, 0.4) is 0 Å². The summed E-state index contributed by atoms with van der Waals surface area (Å²) in [5.41, 5.74) is 0. The number of ether oxygens (including phenoxy) is 1. The largest absolute Gasteiger partial charge is 0.497 e. The third kappa shape index (κ3) is 5.74. The molecule has 0 unspecified atom stereocenters. The molecule has 0 aromatic heterocycles. The van der Waals surface area contributed by atoms with E-state index in [0.29, 0.717) is 17.7 Å². The van der Waals surface area contributed by atoms with E-state index in [4.69, 9.17) is 4.74 Å². The lowest BCUT2D eigenvalue weighted by atomic mass is 9.86. The average molecular weight is 421 g/mol. The molecule has 0 radical (unpaired) electrons. The Morgan fingerprint density at radius 1 is 1.03 bits per heavy atom. The van der Waals surface area contributed by atoms with Crippen LogP contribution in [-0.2, 0) is 10.0 Å². The van der Waals surface area contributed by atoms with Crippen molar-refractivity contribution in [1.82, 2.24) is 4.90 Å². The molecule has 0 N–H and O–H groups in total. The summed E-state index contributed by atoms with van der Waals surface area (Å²) in [5, 5.41) is 0. The Morgan fingerprint density at radius 2 is 1.62 bits per heavy atom. The molecule has 0 saturated heterocycles. The zero-order valence-electron chi connectivity index (χ0n) is 18.1. The first kappa shape index (κ1) is 22.1. The minimum atomic E-state index is -3.75. The van der Waals surface area contributed by atoms with Gasteiger partial charge in [0.25, 0.3) is 10.0 Å². The Kier molecular flexibility index (Phi) is 7.60. The highest BCUT2D eigenvalue weighted by molar-refractivity contribution is 7.90. The third-order valence-electron chi connectivity index (χ3n) is 6.35. The van der Waals surface area contributed by atoms with Crippen molar-refractivity contribution in [3.63, 3.8) is 0 Å². The van der Waals surface area contributed by atoms with Crippen LogP contribution in [0.5, 0.6) is 5.75 Å².